The Morgan fingerprint density at radius 1 is 1.06 bits per heavy atom. The zero-order chi connectivity index (χ0) is 11.7. The predicted octanol–water partition coefficient (Wildman–Crippen LogP) is 3.89. The fourth-order valence-electron chi connectivity index (χ4n) is 2.12. The fourth-order valence-corrected chi connectivity index (χ4v) is 2.12. The van der Waals surface area contributed by atoms with Crippen LogP contribution in [0.4, 0.5) is 0 Å². The highest BCUT2D eigenvalue weighted by molar-refractivity contribution is 6.09. The largest absolute Gasteiger partial charge is 0.487 e. The van der Waals surface area contributed by atoms with Crippen LogP contribution in [0.25, 0.3) is 21.8 Å². The van der Waals surface area contributed by atoms with E-state index in [4.69, 9.17) is 4.74 Å². The molecule has 3 aromatic rings. The van der Waals surface area contributed by atoms with Gasteiger partial charge in [-0.1, -0.05) is 43.0 Å². The van der Waals surface area contributed by atoms with Gasteiger partial charge >= 0.3 is 0 Å². The number of ether oxygens (including phenoxy) is 1. The number of H-pyrrole nitrogens is 1. The van der Waals surface area contributed by atoms with Crippen molar-refractivity contribution in [3.8, 4) is 5.75 Å². The summed E-state index contributed by atoms with van der Waals surface area (Å²) in [4.78, 5) is 3.40. The summed E-state index contributed by atoms with van der Waals surface area (Å²) >= 11 is 0. The van der Waals surface area contributed by atoms with E-state index in [0.29, 0.717) is 6.61 Å². The third-order valence-electron chi connectivity index (χ3n) is 2.86. The first-order valence-corrected chi connectivity index (χ1v) is 5.63. The number of nitrogens with one attached hydrogen (secondary N) is 1. The standard InChI is InChI=1S/C15H13NO/c1-2-10-17-14-9-5-7-12-11-6-3-4-8-13(11)16-15(12)14/h2-9,16H,1,10H2. The second-order valence-electron chi connectivity index (χ2n) is 3.95. The normalized spacial score (nSPS) is 10.8. The lowest BCUT2D eigenvalue weighted by atomic mass is 10.1. The van der Waals surface area contributed by atoms with Crippen LogP contribution in [0.3, 0.4) is 0 Å². The lowest BCUT2D eigenvalue weighted by molar-refractivity contribution is 0.367. The highest BCUT2D eigenvalue weighted by Crippen LogP contribution is 2.31. The van der Waals surface area contributed by atoms with E-state index in [1.165, 1.54) is 10.8 Å². The van der Waals surface area contributed by atoms with E-state index < -0.39 is 0 Å². The first kappa shape index (κ1) is 9.97. The molecule has 84 valence electrons. The zero-order valence-corrected chi connectivity index (χ0v) is 9.44. The maximum Gasteiger partial charge on any atom is 0.143 e. The lowest BCUT2D eigenvalue weighted by Gasteiger charge is -2.03. The first-order valence-electron chi connectivity index (χ1n) is 5.63. The van der Waals surface area contributed by atoms with Crippen molar-refractivity contribution in [1.82, 2.24) is 4.98 Å². The second kappa shape index (κ2) is 3.98. The van der Waals surface area contributed by atoms with Gasteiger partial charge in [-0.2, -0.15) is 0 Å². The summed E-state index contributed by atoms with van der Waals surface area (Å²) in [7, 11) is 0. The molecule has 0 aliphatic heterocycles. The van der Waals surface area contributed by atoms with Gasteiger partial charge in [-0.25, -0.2) is 0 Å². The quantitative estimate of drug-likeness (QED) is 0.669. The number of rotatable bonds is 3. The summed E-state index contributed by atoms with van der Waals surface area (Å²) in [6.07, 6.45) is 1.75. The zero-order valence-electron chi connectivity index (χ0n) is 9.44. The molecule has 0 fully saturated rings. The Hall–Kier alpha value is -2.22. The van der Waals surface area contributed by atoms with E-state index in [0.717, 1.165) is 16.8 Å². The van der Waals surface area contributed by atoms with Crippen LogP contribution in [0, 0.1) is 0 Å². The van der Waals surface area contributed by atoms with Crippen LogP contribution >= 0.6 is 0 Å². The van der Waals surface area contributed by atoms with E-state index >= 15 is 0 Å². The molecule has 0 saturated heterocycles. The van der Waals surface area contributed by atoms with Crippen LogP contribution < -0.4 is 4.74 Å². The summed E-state index contributed by atoms with van der Waals surface area (Å²) in [6.45, 7) is 4.19. The van der Waals surface area contributed by atoms with E-state index in [2.05, 4.69) is 29.8 Å². The van der Waals surface area contributed by atoms with Crippen LogP contribution in [-0.4, -0.2) is 11.6 Å². The van der Waals surface area contributed by atoms with Crippen LogP contribution in [0.5, 0.6) is 5.75 Å². The first-order chi connectivity index (χ1) is 8.40. The molecule has 0 atom stereocenters. The van der Waals surface area contributed by atoms with Crippen LogP contribution in [-0.2, 0) is 0 Å². The van der Waals surface area contributed by atoms with E-state index in [-0.39, 0.29) is 0 Å². The molecule has 0 unspecified atom stereocenters. The Bertz CT molecular complexity index is 682. The molecule has 2 heteroatoms. The molecule has 3 rings (SSSR count). The molecule has 2 nitrogen and oxygen atoms in total. The smallest absolute Gasteiger partial charge is 0.143 e. The molecule has 2 aromatic carbocycles. The maximum atomic E-state index is 5.65. The van der Waals surface area contributed by atoms with Gasteiger partial charge in [0.05, 0.1) is 5.52 Å². The number of hydrogen-bond acceptors (Lipinski definition) is 1. The molecule has 17 heavy (non-hydrogen) atoms. The SMILES string of the molecule is C=CCOc1cccc2c1[nH]c1ccccc12. The van der Waals surface area contributed by atoms with Gasteiger partial charge in [0.1, 0.15) is 12.4 Å². The summed E-state index contributed by atoms with van der Waals surface area (Å²) in [5, 5.41) is 2.42. The van der Waals surface area contributed by atoms with Crippen molar-refractivity contribution in [2.24, 2.45) is 0 Å². The van der Waals surface area contributed by atoms with Crippen molar-refractivity contribution in [2.75, 3.05) is 6.61 Å². The summed E-state index contributed by atoms with van der Waals surface area (Å²) in [5.74, 6) is 0.874. The summed E-state index contributed by atoms with van der Waals surface area (Å²) in [5.41, 5.74) is 2.19. The Kier molecular flexibility index (Phi) is 2.33. The minimum absolute atomic E-state index is 0.522. The predicted molar refractivity (Wildman–Crippen MR) is 71.5 cm³/mol. The van der Waals surface area contributed by atoms with Crippen molar-refractivity contribution in [3.63, 3.8) is 0 Å². The monoisotopic (exact) mass is 223 g/mol. The van der Waals surface area contributed by atoms with Crippen molar-refractivity contribution in [1.29, 1.82) is 0 Å². The van der Waals surface area contributed by atoms with Crippen molar-refractivity contribution in [2.45, 2.75) is 0 Å². The van der Waals surface area contributed by atoms with Gasteiger partial charge in [0.2, 0.25) is 0 Å². The van der Waals surface area contributed by atoms with Crippen LogP contribution in [0.2, 0.25) is 0 Å². The molecule has 0 spiro atoms. The molecule has 0 aliphatic rings. The summed E-state index contributed by atoms with van der Waals surface area (Å²) in [6, 6.07) is 14.4. The molecule has 0 aliphatic carbocycles. The Labute approximate surface area is 99.5 Å². The van der Waals surface area contributed by atoms with E-state index in [9.17, 15) is 0 Å². The van der Waals surface area contributed by atoms with Gasteiger partial charge in [-0.05, 0) is 12.1 Å². The second-order valence-corrected chi connectivity index (χ2v) is 3.95. The van der Waals surface area contributed by atoms with Crippen LogP contribution in [0.1, 0.15) is 0 Å². The number of benzene rings is 2. The van der Waals surface area contributed by atoms with Crippen molar-refractivity contribution < 1.29 is 4.74 Å². The lowest BCUT2D eigenvalue weighted by Crippen LogP contribution is -1.92. The molecule has 0 bridgehead atoms. The van der Waals surface area contributed by atoms with E-state index in [1.54, 1.807) is 6.08 Å². The maximum absolute atomic E-state index is 5.65. The topological polar surface area (TPSA) is 25.0 Å². The number of para-hydroxylation sites is 2. The van der Waals surface area contributed by atoms with Gasteiger partial charge in [0.25, 0.3) is 0 Å². The molecule has 0 saturated carbocycles. The molecule has 1 heterocycles. The highest BCUT2D eigenvalue weighted by Gasteiger charge is 2.07. The molecular formula is C15H13NO. The van der Waals surface area contributed by atoms with E-state index in [1.807, 2.05) is 24.3 Å². The van der Waals surface area contributed by atoms with Crippen molar-refractivity contribution in [3.05, 3.63) is 55.1 Å². The molecule has 0 amide bonds. The number of hydrogen-bond donors (Lipinski definition) is 1. The minimum atomic E-state index is 0.522. The third-order valence-corrected chi connectivity index (χ3v) is 2.86. The molecular weight excluding hydrogens is 210 g/mol. The van der Waals surface area contributed by atoms with Gasteiger partial charge < -0.3 is 9.72 Å². The number of aromatic amines is 1. The number of aromatic nitrogens is 1. The van der Waals surface area contributed by atoms with Crippen LogP contribution in [0.15, 0.2) is 55.1 Å². The average Bonchev–Trinajstić information content (AvgIpc) is 2.75. The Morgan fingerprint density at radius 2 is 1.88 bits per heavy atom. The van der Waals surface area contributed by atoms with Gasteiger partial charge in [0.15, 0.2) is 0 Å². The van der Waals surface area contributed by atoms with Crippen molar-refractivity contribution >= 4 is 21.8 Å². The highest BCUT2D eigenvalue weighted by atomic mass is 16.5. The molecule has 1 aromatic heterocycles. The third kappa shape index (κ3) is 1.58. The molecule has 1 N–H and O–H groups in total. The average molecular weight is 223 g/mol. The van der Waals surface area contributed by atoms with Gasteiger partial charge in [-0.15, -0.1) is 0 Å². The summed E-state index contributed by atoms with van der Waals surface area (Å²) < 4.78 is 5.65. The minimum Gasteiger partial charge on any atom is -0.487 e. The Morgan fingerprint density at radius 3 is 2.76 bits per heavy atom. The number of fused-ring (bicyclic) bond motifs is 3. The van der Waals surface area contributed by atoms with Gasteiger partial charge in [0, 0.05) is 16.3 Å². The Balaban J connectivity index is 2.27. The molecule has 0 radical (unpaired) electrons. The fraction of sp³-hybridized carbons (Fsp3) is 0.0667. The van der Waals surface area contributed by atoms with Gasteiger partial charge in [-0.3, -0.25) is 0 Å².